The van der Waals surface area contributed by atoms with Crippen molar-refractivity contribution < 1.29 is 9.59 Å². The van der Waals surface area contributed by atoms with Crippen LogP contribution in [-0.4, -0.2) is 29.2 Å². The first kappa shape index (κ1) is 8.72. The minimum absolute atomic E-state index is 0.0920. The maximum absolute atomic E-state index is 11.1. The molecule has 1 amide bonds. The van der Waals surface area contributed by atoms with Gasteiger partial charge in [0.15, 0.2) is 5.78 Å². The Balaban J connectivity index is 2.84. The Bertz CT molecular complexity index is 267. The smallest absolute Gasteiger partial charge is 0.220 e. The molecule has 0 aliphatic carbocycles. The lowest BCUT2D eigenvalue weighted by atomic mass is 10.0. The number of hydrogen-bond donors (Lipinski definition) is 0. The van der Waals surface area contributed by atoms with Gasteiger partial charge in [-0.25, -0.2) is 0 Å². The molecular formula is C8H10N2O2. The van der Waals surface area contributed by atoms with Gasteiger partial charge in [0.05, 0.1) is 18.7 Å². The minimum Gasteiger partial charge on any atom is -0.331 e. The number of carbonyl (C=O) groups excluding carboxylic acids is 2. The van der Waals surface area contributed by atoms with Crippen molar-refractivity contribution >= 4 is 11.7 Å². The molecule has 0 saturated carbocycles. The molecule has 1 heterocycles. The lowest BCUT2D eigenvalue weighted by Gasteiger charge is -2.18. The number of hydrogen-bond acceptors (Lipinski definition) is 3. The van der Waals surface area contributed by atoms with E-state index in [1.165, 1.54) is 11.8 Å². The molecule has 2 unspecified atom stereocenters. The van der Waals surface area contributed by atoms with Crippen molar-refractivity contribution in [2.24, 2.45) is 5.92 Å². The Morgan fingerprint density at radius 2 is 2.33 bits per heavy atom. The molecule has 1 rings (SSSR count). The highest BCUT2D eigenvalue weighted by molar-refractivity contribution is 5.92. The monoisotopic (exact) mass is 166 g/mol. The quantitative estimate of drug-likeness (QED) is 0.506. The highest BCUT2D eigenvalue weighted by Gasteiger charge is 2.39. The van der Waals surface area contributed by atoms with E-state index < -0.39 is 5.92 Å². The van der Waals surface area contributed by atoms with Gasteiger partial charge in [-0.2, -0.15) is 5.26 Å². The first-order chi connectivity index (χ1) is 5.57. The summed E-state index contributed by atoms with van der Waals surface area (Å²) in [6, 6.07) is 1.64. The van der Waals surface area contributed by atoms with E-state index in [1.54, 1.807) is 6.92 Å². The van der Waals surface area contributed by atoms with Crippen LogP contribution in [0.15, 0.2) is 0 Å². The SMILES string of the molecule is CC(=O)N1CC(=O)C(C#N)C1C. The number of Topliss-reactive ketones (excluding diaryl/α,β-unsaturated/α-hetero) is 1. The maximum atomic E-state index is 11.1. The summed E-state index contributed by atoms with van der Waals surface area (Å²) in [7, 11) is 0. The first-order valence-corrected chi connectivity index (χ1v) is 3.77. The molecule has 4 nitrogen and oxygen atoms in total. The van der Waals surface area contributed by atoms with Gasteiger partial charge < -0.3 is 4.90 Å². The van der Waals surface area contributed by atoms with Gasteiger partial charge in [-0.3, -0.25) is 9.59 Å². The molecule has 0 aromatic rings. The van der Waals surface area contributed by atoms with E-state index in [-0.39, 0.29) is 24.3 Å². The summed E-state index contributed by atoms with van der Waals surface area (Å²) in [6.07, 6.45) is 0. The van der Waals surface area contributed by atoms with Crippen molar-refractivity contribution in [3.05, 3.63) is 0 Å². The third kappa shape index (κ3) is 1.18. The highest BCUT2D eigenvalue weighted by Crippen LogP contribution is 2.19. The van der Waals surface area contributed by atoms with Gasteiger partial charge in [-0.1, -0.05) is 0 Å². The van der Waals surface area contributed by atoms with Crippen LogP contribution in [0.2, 0.25) is 0 Å². The van der Waals surface area contributed by atoms with Gasteiger partial charge in [-0.05, 0) is 6.92 Å². The molecule has 0 N–H and O–H groups in total. The van der Waals surface area contributed by atoms with Gasteiger partial charge in [0.25, 0.3) is 0 Å². The van der Waals surface area contributed by atoms with Gasteiger partial charge in [0, 0.05) is 6.92 Å². The summed E-state index contributed by atoms with van der Waals surface area (Å²) >= 11 is 0. The van der Waals surface area contributed by atoms with E-state index in [2.05, 4.69) is 0 Å². The lowest BCUT2D eigenvalue weighted by molar-refractivity contribution is -0.130. The Morgan fingerprint density at radius 1 is 1.75 bits per heavy atom. The van der Waals surface area contributed by atoms with Crippen molar-refractivity contribution in [2.45, 2.75) is 19.9 Å². The van der Waals surface area contributed by atoms with Crippen LogP contribution in [0.4, 0.5) is 0 Å². The molecule has 12 heavy (non-hydrogen) atoms. The second kappa shape index (κ2) is 2.94. The van der Waals surface area contributed by atoms with E-state index in [9.17, 15) is 9.59 Å². The summed E-state index contributed by atoms with van der Waals surface area (Å²) < 4.78 is 0. The predicted molar refractivity (Wildman–Crippen MR) is 41.0 cm³/mol. The summed E-state index contributed by atoms with van der Waals surface area (Å²) in [5, 5.41) is 8.60. The zero-order valence-electron chi connectivity index (χ0n) is 7.07. The molecule has 1 aliphatic heterocycles. The number of likely N-dealkylation sites (tertiary alicyclic amines) is 1. The van der Waals surface area contributed by atoms with Gasteiger partial charge >= 0.3 is 0 Å². The fourth-order valence-corrected chi connectivity index (χ4v) is 1.44. The molecule has 64 valence electrons. The number of nitriles is 1. The highest BCUT2D eigenvalue weighted by atomic mass is 16.2. The number of ketones is 1. The van der Waals surface area contributed by atoms with Crippen LogP contribution in [0.5, 0.6) is 0 Å². The number of carbonyl (C=O) groups is 2. The summed E-state index contributed by atoms with van der Waals surface area (Å²) in [5.74, 6) is -0.928. The second-order valence-corrected chi connectivity index (χ2v) is 2.96. The standard InChI is InChI=1S/C8H10N2O2/c1-5-7(3-9)8(12)4-10(5)6(2)11/h5,7H,4H2,1-2H3. The average molecular weight is 166 g/mol. The normalized spacial score (nSPS) is 28.8. The van der Waals surface area contributed by atoms with Crippen LogP contribution in [0.25, 0.3) is 0 Å². The maximum Gasteiger partial charge on any atom is 0.220 e. The molecule has 0 aromatic carbocycles. The van der Waals surface area contributed by atoms with Crippen molar-refractivity contribution in [3.8, 4) is 6.07 Å². The summed E-state index contributed by atoms with van der Waals surface area (Å²) in [5.41, 5.74) is 0. The topological polar surface area (TPSA) is 61.2 Å². The average Bonchev–Trinajstić information content (AvgIpc) is 2.27. The molecule has 1 saturated heterocycles. The first-order valence-electron chi connectivity index (χ1n) is 3.77. The second-order valence-electron chi connectivity index (χ2n) is 2.96. The van der Waals surface area contributed by atoms with E-state index in [4.69, 9.17) is 5.26 Å². The van der Waals surface area contributed by atoms with Crippen LogP contribution < -0.4 is 0 Å². The zero-order valence-corrected chi connectivity index (χ0v) is 7.07. The Morgan fingerprint density at radius 3 is 2.58 bits per heavy atom. The van der Waals surface area contributed by atoms with Crippen LogP contribution in [0.3, 0.4) is 0 Å². The molecule has 0 bridgehead atoms. The van der Waals surface area contributed by atoms with E-state index in [1.807, 2.05) is 6.07 Å². The van der Waals surface area contributed by atoms with E-state index >= 15 is 0 Å². The fourth-order valence-electron chi connectivity index (χ4n) is 1.44. The molecule has 0 spiro atoms. The fraction of sp³-hybridized carbons (Fsp3) is 0.625. The zero-order chi connectivity index (χ0) is 9.30. The van der Waals surface area contributed by atoms with Crippen LogP contribution >= 0.6 is 0 Å². The largest absolute Gasteiger partial charge is 0.331 e. The molecule has 1 fully saturated rings. The Hall–Kier alpha value is -1.37. The van der Waals surface area contributed by atoms with Crippen molar-refractivity contribution in [2.75, 3.05) is 6.54 Å². The summed E-state index contributed by atoms with van der Waals surface area (Å²) in [6.45, 7) is 3.22. The van der Waals surface area contributed by atoms with Crippen LogP contribution in [0.1, 0.15) is 13.8 Å². The Kier molecular flexibility index (Phi) is 2.13. The molecule has 2 atom stereocenters. The number of nitrogens with zero attached hydrogens (tertiary/aromatic N) is 2. The predicted octanol–water partition coefficient (Wildman–Crippen LogP) is -0.0541. The van der Waals surface area contributed by atoms with E-state index in [0.717, 1.165) is 0 Å². The number of rotatable bonds is 0. The molecule has 1 aliphatic rings. The van der Waals surface area contributed by atoms with Crippen LogP contribution in [0, 0.1) is 17.2 Å². The summed E-state index contributed by atoms with van der Waals surface area (Å²) in [4.78, 5) is 23.5. The minimum atomic E-state index is -0.631. The van der Waals surface area contributed by atoms with Gasteiger partial charge in [0.1, 0.15) is 5.92 Å². The van der Waals surface area contributed by atoms with Gasteiger partial charge in [-0.15, -0.1) is 0 Å². The van der Waals surface area contributed by atoms with Gasteiger partial charge in [0.2, 0.25) is 5.91 Å². The third-order valence-electron chi connectivity index (χ3n) is 2.19. The Labute approximate surface area is 70.8 Å². The molecular weight excluding hydrogens is 156 g/mol. The molecule has 0 radical (unpaired) electrons. The number of amides is 1. The van der Waals surface area contributed by atoms with Crippen LogP contribution in [-0.2, 0) is 9.59 Å². The third-order valence-corrected chi connectivity index (χ3v) is 2.19. The lowest BCUT2D eigenvalue weighted by Crippen LogP contribution is -2.33. The van der Waals surface area contributed by atoms with E-state index in [0.29, 0.717) is 0 Å². The van der Waals surface area contributed by atoms with Crippen molar-refractivity contribution in [1.82, 2.24) is 4.90 Å². The van der Waals surface area contributed by atoms with Crippen molar-refractivity contribution in [3.63, 3.8) is 0 Å². The molecule has 0 aromatic heterocycles. The van der Waals surface area contributed by atoms with Crippen molar-refractivity contribution in [1.29, 1.82) is 5.26 Å². The molecule has 4 heteroatoms.